The second-order valence-electron chi connectivity index (χ2n) is 5.50. The molecule has 0 aromatic heterocycles. The van der Waals surface area contributed by atoms with E-state index in [1.54, 1.807) is 0 Å². The van der Waals surface area contributed by atoms with Gasteiger partial charge in [0.25, 0.3) is 0 Å². The average Bonchev–Trinajstić information content (AvgIpc) is 2.47. The Labute approximate surface area is 126 Å². The van der Waals surface area contributed by atoms with Crippen molar-refractivity contribution < 1.29 is 5.11 Å². The molecule has 0 bridgehead atoms. The van der Waals surface area contributed by atoms with Gasteiger partial charge in [-0.05, 0) is 31.4 Å². The maximum Gasteiger partial charge on any atom is 0.0746 e. The summed E-state index contributed by atoms with van der Waals surface area (Å²) < 4.78 is 0. The third kappa shape index (κ3) is 4.01. The molecule has 1 aromatic rings. The summed E-state index contributed by atoms with van der Waals surface area (Å²) in [5, 5.41) is 9.29. The zero-order chi connectivity index (χ0) is 14.4. The van der Waals surface area contributed by atoms with E-state index in [0.29, 0.717) is 17.5 Å². The van der Waals surface area contributed by atoms with Crippen LogP contribution in [0.5, 0.6) is 0 Å². The number of aliphatic hydroxyl groups is 1. The standard InChI is InChI=1S/C16H24N2OS/c17-16(20)12-15(13-6-2-1-3-7-13)18-10-5-4-8-14(18)9-11-19/h1-3,6-7,14-15,19H,4-5,8-12H2,(H2,17,20). The van der Waals surface area contributed by atoms with E-state index < -0.39 is 0 Å². The van der Waals surface area contributed by atoms with Crippen molar-refractivity contribution in [2.75, 3.05) is 13.2 Å². The summed E-state index contributed by atoms with van der Waals surface area (Å²) >= 11 is 5.15. The Morgan fingerprint density at radius 3 is 2.75 bits per heavy atom. The van der Waals surface area contributed by atoms with E-state index in [0.717, 1.165) is 19.4 Å². The van der Waals surface area contributed by atoms with E-state index >= 15 is 0 Å². The summed E-state index contributed by atoms with van der Waals surface area (Å²) in [6.45, 7) is 1.31. The zero-order valence-corrected chi connectivity index (χ0v) is 12.7. The molecule has 0 amide bonds. The first-order chi connectivity index (χ1) is 9.72. The molecule has 0 aliphatic carbocycles. The van der Waals surface area contributed by atoms with Crippen molar-refractivity contribution in [2.24, 2.45) is 5.73 Å². The van der Waals surface area contributed by atoms with Gasteiger partial charge in [0.1, 0.15) is 0 Å². The fourth-order valence-electron chi connectivity index (χ4n) is 3.18. The van der Waals surface area contributed by atoms with Crippen molar-refractivity contribution in [2.45, 2.75) is 44.2 Å². The van der Waals surface area contributed by atoms with E-state index in [-0.39, 0.29) is 12.6 Å². The normalized spacial score (nSPS) is 21.6. The molecule has 2 unspecified atom stereocenters. The Kier molecular flexibility index (Phi) is 5.95. The minimum atomic E-state index is 0.241. The second kappa shape index (κ2) is 7.72. The lowest BCUT2D eigenvalue weighted by Gasteiger charge is -2.41. The number of benzene rings is 1. The van der Waals surface area contributed by atoms with Gasteiger partial charge in [0.05, 0.1) is 4.99 Å². The molecule has 1 saturated heterocycles. The van der Waals surface area contributed by atoms with E-state index in [4.69, 9.17) is 18.0 Å². The van der Waals surface area contributed by atoms with Crippen LogP contribution in [0.15, 0.2) is 30.3 Å². The van der Waals surface area contributed by atoms with E-state index in [9.17, 15) is 5.11 Å². The smallest absolute Gasteiger partial charge is 0.0746 e. The number of aliphatic hydroxyl groups excluding tert-OH is 1. The minimum absolute atomic E-state index is 0.241. The van der Waals surface area contributed by atoms with Gasteiger partial charge in [-0.3, -0.25) is 4.90 Å². The Morgan fingerprint density at radius 2 is 2.10 bits per heavy atom. The van der Waals surface area contributed by atoms with Crippen molar-refractivity contribution in [1.29, 1.82) is 0 Å². The number of thiocarbonyl (C=S) groups is 1. The van der Waals surface area contributed by atoms with Gasteiger partial charge in [0.2, 0.25) is 0 Å². The first-order valence-corrected chi connectivity index (χ1v) is 7.83. The van der Waals surface area contributed by atoms with Gasteiger partial charge in [-0.2, -0.15) is 0 Å². The lowest BCUT2D eigenvalue weighted by atomic mass is 9.93. The molecule has 0 spiro atoms. The zero-order valence-electron chi connectivity index (χ0n) is 11.9. The molecule has 1 fully saturated rings. The molecule has 1 aliphatic heterocycles. The molecule has 2 atom stereocenters. The highest BCUT2D eigenvalue weighted by molar-refractivity contribution is 7.80. The summed E-state index contributed by atoms with van der Waals surface area (Å²) in [6.07, 6.45) is 5.15. The van der Waals surface area contributed by atoms with Crippen LogP contribution in [-0.4, -0.2) is 34.2 Å². The van der Waals surface area contributed by atoms with Gasteiger partial charge in [-0.1, -0.05) is 49.0 Å². The lowest BCUT2D eigenvalue weighted by molar-refractivity contribution is 0.0778. The molecule has 3 N–H and O–H groups in total. The van der Waals surface area contributed by atoms with Crippen LogP contribution < -0.4 is 5.73 Å². The van der Waals surface area contributed by atoms with Crippen LogP contribution in [0.25, 0.3) is 0 Å². The summed E-state index contributed by atoms with van der Waals surface area (Å²) in [4.78, 5) is 3.06. The van der Waals surface area contributed by atoms with Gasteiger partial charge in [0, 0.05) is 25.1 Å². The number of nitrogens with zero attached hydrogens (tertiary/aromatic N) is 1. The molecule has 20 heavy (non-hydrogen) atoms. The fourth-order valence-corrected chi connectivity index (χ4v) is 3.34. The first kappa shape index (κ1) is 15.4. The maximum atomic E-state index is 9.29. The van der Waals surface area contributed by atoms with Crippen molar-refractivity contribution in [1.82, 2.24) is 4.90 Å². The Bertz CT molecular complexity index is 422. The first-order valence-electron chi connectivity index (χ1n) is 7.42. The van der Waals surface area contributed by atoms with Crippen LogP contribution in [0, 0.1) is 0 Å². The average molecular weight is 292 g/mol. The van der Waals surface area contributed by atoms with E-state index in [2.05, 4.69) is 29.2 Å². The number of hydrogen-bond donors (Lipinski definition) is 2. The highest BCUT2D eigenvalue weighted by Gasteiger charge is 2.29. The predicted molar refractivity (Wildman–Crippen MR) is 86.6 cm³/mol. The van der Waals surface area contributed by atoms with Crippen molar-refractivity contribution in [3.05, 3.63) is 35.9 Å². The molecule has 1 aliphatic rings. The summed E-state index contributed by atoms with van der Waals surface area (Å²) in [5.41, 5.74) is 7.08. The lowest BCUT2D eigenvalue weighted by Crippen LogP contribution is -2.43. The van der Waals surface area contributed by atoms with Gasteiger partial charge in [-0.15, -0.1) is 0 Å². The number of hydrogen-bond acceptors (Lipinski definition) is 3. The number of likely N-dealkylation sites (tertiary alicyclic amines) is 1. The molecule has 110 valence electrons. The number of rotatable bonds is 6. The van der Waals surface area contributed by atoms with Gasteiger partial charge in [-0.25, -0.2) is 0 Å². The largest absolute Gasteiger partial charge is 0.396 e. The topological polar surface area (TPSA) is 49.5 Å². The number of nitrogens with two attached hydrogens (primary N) is 1. The SMILES string of the molecule is NC(=S)CC(c1ccccc1)N1CCCCC1CCO. The number of piperidine rings is 1. The molecule has 1 aromatic carbocycles. The Balaban J connectivity index is 2.22. The summed E-state index contributed by atoms with van der Waals surface area (Å²) in [5.74, 6) is 0. The van der Waals surface area contributed by atoms with Gasteiger partial charge >= 0.3 is 0 Å². The second-order valence-corrected chi connectivity index (χ2v) is 6.02. The molecular weight excluding hydrogens is 268 g/mol. The Morgan fingerprint density at radius 1 is 1.35 bits per heavy atom. The van der Waals surface area contributed by atoms with E-state index in [1.807, 2.05) is 6.07 Å². The maximum absolute atomic E-state index is 9.29. The highest BCUT2D eigenvalue weighted by Crippen LogP contribution is 2.32. The molecular formula is C16H24N2OS. The Hall–Kier alpha value is -0.970. The van der Waals surface area contributed by atoms with Crippen LogP contribution in [0.2, 0.25) is 0 Å². The van der Waals surface area contributed by atoms with Gasteiger partial charge in [0.15, 0.2) is 0 Å². The monoisotopic (exact) mass is 292 g/mol. The third-order valence-corrected chi connectivity index (χ3v) is 4.28. The third-order valence-electron chi connectivity index (χ3n) is 4.11. The van der Waals surface area contributed by atoms with Crippen molar-refractivity contribution >= 4 is 17.2 Å². The van der Waals surface area contributed by atoms with Crippen molar-refractivity contribution in [3.8, 4) is 0 Å². The molecule has 3 nitrogen and oxygen atoms in total. The highest BCUT2D eigenvalue weighted by atomic mass is 32.1. The summed E-state index contributed by atoms with van der Waals surface area (Å²) in [7, 11) is 0. The predicted octanol–water partition coefficient (Wildman–Crippen LogP) is 2.64. The molecule has 2 rings (SSSR count). The van der Waals surface area contributed by atoms with Crippen molar-refractivity contribution in [3.63, 3.8) is 0 Å². The van der Waals surface area contributed by atoms with Crippen LogP contribution in [0.1, 0.15) is 43.7 Å². The van der Waals surface area contributed by atoms with Crippen LogP contribution in [0.4, 0.5) is 0 Å². The minimum Gasteiger partial charge on any atom is -0.396 e. The molecule has 1 heterocycles. The molecule has 4 heteroatoms. The van der Waals surface area contributed by atoms with Crippen LogP contribution in [0.3, 0.4) is 0 Å². The van der Waals surface area contributed by atoms with E-state index in [1.165, 1.54) is 18.4 Å². The fraction of sp³-hybridized carbons (Fsp3) is 0.562. The molecule has 0 radical (unpaired) electrons. The van der Waals surface area contributed by atoms with Gasteiger partial charge < -0.3 is 10.8 Å². The van der Waals surface area contributed by atoms with Crippen LogP contribution in [-0.2, 0) is 0 Å². The molecule has 0 saturated carbocycles. The quantitative estimate of drug-likeness (QED) is 0.791. The van der Waals surface area contributed by atoms with Crippen LogP contribution >= 0.6 is 12.2 Å². The summed E-state index contributed by atoms with van der Waals surface area (Å²) in [6, 6.07) is 11.1.